The normalized spacial score (nSPS) is 14.1. The number of rotatable bonds is 8. The van der Waals surface area contributed by atoms with Gasteiger partial charge in [-0.15, -0.1) is 11.3 Å². The van der Waals surface area contributed by atoms with Gasteiger partial charge in [-0.2, -0.15) is 13.2 Å². The molecule has 0 spiro atoms. The van der Waals surface area contributed by atoms with Crippen LogP contribution in [-0.4, -0.2) is 51.4 Å². The summed E-state index contributed by atoms with van der Waals surface area (Å²) < 4.78 is 46.9. The fourth-order valence-corrected chi connectivity index (χ4v) is 5.86. The van der Waals surface area contributed by atoms with Crippen molar-refractivity contribution in [1.29, 1.82) is 0 Å². The fourth-order valence-electron chi connectivity index (χ4n) is 4.45. The van der Waals surface area contributed by atoms with E-state index in [2.05, 4.69) is 9.88 Å². The molecule has 0 atom stereocenters. The predicted molar refractivity (Wildman–Crippen MR) is 141 cm³/mol. The van der Waals surface area contributed by atoms with Gasteiger partial charge in [0.15, 0.2) is 0 Å². The van der Waals surface area contributed by atoms with E-state index in [1.165, 1.54) is 17.8 Å². The van der Waals surface area contributed by atoms with Crippen LogP contribution in [0.15, 0.2) is 52.3 Å². The maximum absolute atomic E-state index is 12.9. The molecule has 7 nitrogen and oxygen atoms in total. The number of halogens is 4. The molecule has 4 aromatic rings. The van der Waals surface area contributed by atoms with Crippen molar-refractivity contribution in [2.45, 2.75) is 32.6 Å². The second kappa shape index (κ2) is 10.5. The first-order chi connectivity index (χ1) is 18.1. The van der Waals surface area contributed by atoms with Crippen LogP contribution in [0.2, 0.25) is 5.02 Å². The Labute approximate surface area is 224 Å². The van der Waals surface area contributed by atoms with Crippen LogP contribution < -0.4 is 16.0 Å². The van der Waals surface area contributed by atoms with Gasteiger partial charge in [-0.25, -0.2) is 4.79 Å². The number of aryl methyl sites for hydroxylation is 1. The lowest BCUT2D eigenvalue weighted by atomic mass is 10.0. The highest BCUT2D eigenvalue weighted by molar-refractivity contribution is 7.19. The van der Waals surface area contributed by atoms with Gasteiger partial charge in [0, 0.05) is 46.0 Å². The Morgan fingerprint density at radius 3 is 2.63 bits per heavy atom. The van der Waals surface area contributed by atoms with Crippen molar-refractivity contribution in [2.75, 3.05) is 26.2 Å². The maximum atomic E-state index is 12.9. The molecule has 1 aliphatic rings. The molecular formula is C26H24ClF3N4O3S. The van der Waals surface area contributed by atoms with E-state index in [0.717, 1.165) is 57.9 Å². The number of likely N-dealkylation sites (tertiary alicyclic amines) is 1. The molecule has 3 aromatic heterocycles. The minimum Gasteiger partial charge on any atom is -0.491 e. The van der Waals surface area contributed by atoms with Gasteiger partial charge in [0.2, 0.25) is 0 Å². The van der Waals surface area contributed by atoms with Gasteiger partial charge in [0.05, 0.1) is 16.8 Å². The highest BCUT2D eigenvalue weighted by Crippen LogP contribution is 2.41. The second-order valence-electron chi connectivity index (χ2n) is 9.19. The Kier molecular flexibility index (Phi) is 7.34. The van der Waals surface area contributed by atoms with Gasteiger partial charge >= 0.3 is 11.9 Å². The average molecular weight is 565 g/mol. The third-order valence-electron chi connectivity index (χ3n) is 6.40. The van der Waals surface area contributed by atoms with Crippen molar-refractivity contribution in [3.05, 3.63) is 79.0 Å². The Hall–Kier alpha value is -3.15. The largest absolute Gasteiger partial charge is 0.491 e. The zero-order valence-electron chi connectivity index (χ0n) is 20.4. The molecule has 0 saturated carbocycles. The highest BCUT2D eigenvalue weighted by Gasteiger charge is 2.29. The van der Waals surface area contributed by atoms with Crippen molar-refractivity contribution < 1.29 is 17.9 Å². The number of aromatic nitrogens is 3. The molecule has 0 N–H and O–H groups in total. The lowest BCUT2D eigenvalue weighted by Gasteiger charge is -2.30. The zero-order valence-corrected chi connectivity index (χ0v) is 22.0. The number of hydrogen-bond acceptors (Lipinski definition) is 6. The van der Waals surface area contributed by atoms with Crippen molar-refractivity contribution in [3.63, 3.8) is 0 Å². The lowest BCUT2D eigenvalue weighted by Crippen LogP contribution is -2.41. The summed E-state index contributed by atoms with van der Waals surface area (Å²) in [6.45, 7) is 3.79. The second-order valence-corrected chi connectivity index (χ2v) is 10.8. The molecule has 5 rings (SSSR count). The number of ether oxygens (including phenoxy) is 1. The standard InChI is InChI=1S/C26H24ClF3N4O3S/c1-16-11-17(27)12-20(23(16)37-10-9-32-6-2-7-32)19-3-5-31-21-13-18(38-24(19)21)14-34-22(35)4-8-33(25(34)36)15-26(28,29)30/h3-5,8,11-13H,2,6-7,9-10,14-15H2,1H3. The molecule has 1 saturated heterocycles. The Balaban J connectivity index is 1.50. The van der Waals surface area contributed by atoms with E-state index < -0.39 is 24.0 Å². The van der Waals surface area contributed by atoms with E-state index >= 15 is 0 Å². The van der Waals surface area contributed by atoms with Crippen molar-refractivity contribution in [2.24, 2.45) is 0 Å². The van der Waals surface area contributed by atoms with Gasteiger partial charge in [0.25, 0.3) is 5.56 Å². The molecule has 1 fully saturated rings. The number of fused-ring (bicyclic) bond motifs is 1. The maximum Gasteiger partial charge on any atom is 0.406 e. The van der Waals surface area contributed by atoms with Crippen LogP contribution in [0.5, 0.6) is 5.75 Å². The summed E-state index contributed by atoms with van der Waals surface area (Å²) in [6.07, 6.45) is -0.873. The molecule has 0 amide bonds. The third-order valence-corrected chi connectivity index (χ3v) is 7.76. The van der Waals surface area contributed by atoms with Crippen molar-refractivity contribution >= 4 is 33.2 Å². The quantitative estimate of drug-likeness (QED) is 0.303. The van der Waals surface area contributed by atoms with E-state index in [9.17, 15) is 22.8 Å². The summed E-state index contributed by atoms with van der Waals surface area (Å²) in [5.41, 5.74) is 1.44. The number of alkyl halides is 3. The topological polar surface area (TPSA) is 69.4 Å². The van der Waals surface area contributed by atoms with Gasteiger partial charge in [-0.3, -0.25) is 23.8 Å². The van der Waals surface area contributed by atoms with Crippen LogP contribution in [0.25, 0.3) is 21.3 Å². The summed E-state index contributed by atoms with van der Waals surface area (Å²) in [5, 5.41) is 0.551. The predicted octanol–water partition coefficient (Wildman–Crippen LogP) is 4.94. The first-order valence-electron chi connectivity index (χ1n) is 12.0. The molecule has 12 heteroatoms. The summed E-state index contributed by atoms with van der Waals surface area (Å²) in [6, 6.07) is 8.22. The monoisotopic (exact) mass is 564 g/mol. The summed E-state index contributed by atoms with van der Waals surface area (Å²) in [5.74, 6) is 0.715. The van der Waals surface area contributed by atoms with Gasteiger partial charge in [-0.1, -0.05) is 11.6 Å². The molecule has 38 heavy (non-hydrogen) atoms. The number of pyridine rings is 1. The molecule has 0 aliphatic carbocycles. The van der Waals surface area contributed by atoms with Crippen LogP contribution in [-0.2, 0) is 13.1 Å². The SMILES string of the molecule is Cc1cc(Cl)cc(-c2ccnc3cc(Cn4c(=O)ccn(CC(F)(F)F)c4=O)sc23)c1OCCN1CCC1. The molecule has 0 unspecified atom stereocenters. The number of hydrogen-bond donors (Lipinski definition) is 0. The van der Waals surface area contributed by atoms with E-state index in [4.69, 9.17) is 16.3 Å². The minimum absolute atomic E-state index is 0.176. The highest BCUT2D eigenvalue weighted by atomic mass is 35.5. The molecular weight excluding hydrogens is 541 g/mol. The van der Waals surface area contributed by atoms with Crippen LogP contribution in [0, 0.1) is 6.92 Å². The molecule has 1 aromatic carbocycles. The lowest BCUT2D eigenvalue weighted by molar-refractivity contribution is -0.141. The molecule has 200 valence electrons. The van der Waals surface area contributed by atoms with Crippen molar-refractivity contribution in [3.8, 4) is 16.9 Å². The molecule has 4 heterocycles. The average Bonchev–Trinajstić information content (AvgIpc) is 3.23. The summed E-state index contributed by atoms with van der Waals surface area (Å²) in [4.78, 5) is 32.4. The Morgan fingerprint density at radius 2 is 1.92 bits per heavy atom. The van der Waals surface area contributed by atoms with Crippen LogP contribution >= 0.6 is 22.9 Å². The Morgan fingerprint density at radius 1 is 1.13 bits per heavy atom. The summed E-state index contributed by atoms with van der Waals surface area (Å²) in [7, 11) is 0. The van der Waals surface area contributed by atoms with E-state index in [1.807, 2.05) is 25.1 Å². The van der Waals surface area contributed by atoms with Gasteiger partial charge in [0.1, 0.15) is 18.9 Å². The first-order valence-corrected chi connectivity index (χ1v) is 13.2. The number of benzene rings is 1. The Bertz CT molecular complexity index is 1610. The minimum atomic E-state index is -4.59. The van der Waals surface area contributed by atoms with Crippen LogP contribution in [0.1, 0.15) is 16.9 Å². The number of nitrogens with zero attached hydrogens (tertiary/aromatic N) is 4. The molecule has 0 bridgehead atoms. The van der Waals surface area contributed by atoms with Gasteiger partial charge in [-0.05, 0) is 56.3 Å². The first kappa shape index (κ1) is 26.5. The van der Waals surface area contributed by atoms with E-state index in [1.54, 1.807) is 12.3 Å². The van der Waals surface area contributed by atoms with Crippen molar-refractivity contribution in [1.82, 2.24) is 19.0 Å². The molecule has 0 radical (unpaired) electrons. The van der Waals surface area contributed by atoms with Crippen LogP contribution in [0.3, 0.4) is 0 Å². The van der Waals surface area contributed by atoms with Gasteiger partial charge < -0.3 is 4.74 Å². The van der Waals surface area contributed by atoms with E-state index in [0.29, 0.717) is 32.3 Å². The molecule has 1 aliphatic heterocycles. The summed E-state index contributed by atoms with van der Waals surface area (Å²) >= 11 is 7.73. The fraction of sp³-hybridized carbons (Fsp3) is 0.346. The number of thiophene rings is 1. The van der Waals surface area contributed by atoms with Crippen LogP contribution in [0.4, 0.5) is 13.2 Å². The van der Waals surface area contributed by atoms with E-state index in [-0.39, 0.29) is 6.54 Å². The zero-order chi connectivity index (χ0) is 27.0. The smallest absolute Gasteiger partial charge is 0.406 e. The third kappa shape index (κ3) is 5.64.